The largest absolute Gasteiger partial charge is 0.478 e. The fourth-order valence-corrected chi connectivity index (χ4v) is 8.93. The Balaban J connectivity index is 0.889. The molecule has 3 aromatic rings. The van der Waals surface area contributed by atoms with Crippen molar-refractivity contribution in [2.24, 2.45) is 11.3 Å². The van der Waals surface area contributed by atoms with Crippen LogP contribution in [0.2, 0.25) is 5.02 Å². The summed E-state index contributed by atoms with van der Waals surface area (Å²) < 4.78 is 0. The van der Waals surface area contributed by atoms with E-state index in [1.165, 1.54) is 12.1 Å². The fraction of sp³-hybridized carbons (Fsp3) is 0.436. The highest BCUT2D eigenvalue weighted by Gasteiger charge is 2.44. The molecule has 260 valence electrons. The highest BCUT2D eigenvalue weighted by Crippen LogP contribution is 2.46. The number of hydrogen-bond donors (Lipinski definition) is 2. The molecule has 0 aromatic heterocycles. The van der Waals surface area contributed by atoms with Crippen LogP contribution >= 0.6 is 11.6 Å². The normalized spacial score (nSPS) is 20.6. The monoisotopic (exact) mass is 695 g/mol. The molecule has 0 radical (unpaired) electrons. The van der Waals surface area contributed by atoms with Gasteiger partial charge in [-0.1, -0.05) is 17.7 Å². The molecule has 1 atom stereocenters. The lowest BCUT2D eigenvalue weighted by Crippen LogP contribution is -2.42. The lowest BCUT2D eigenvalue weighted by Gasteiger charge is -2.40. The Morgan fingerprint density at radius 2 is 1.48 bits per heavy atom. The van der Waals surface area contributed by atoms with Crippen LogP contribution in [0.4, 0.5) is 17.1 Å². The second kappa shape index (κ2) is 13.6. The third-order valence-electron chi connectivity index (χ3n) is 11.5. The molecule has 0 saturated carbocycles. The maximum atomic E-state index is 13.4. The van der Waals surface area contributed by atoms with E-state index < -0.39 is 11.9 Å². The van der Waals surface area contributed by atoms with Gasteiger partial charge in [-0.3, -0.25) is 9.69 Å². The summed E-state index contributed by atoms with van der Waals surface area (Å²) in [5.74, 6) is -1.98. The number of carbonyl (C=O) groups is 3. The molecule has 0 unspecified atom stereocenters. The number of carboxylic acid groups (broad SMARTS) is 2. The first kappa shape index (κ1) is 33.9. The predicted molar refractivity (Wildman–Crippen MR) is 193 cm³/mol. The molecular weight excluding hydrogens is 654 g/mol. The van der Waals surface area contributed by atoms with Crippen LogP contribution in [0.1, 0.15) is 81.2 Å². The summed E-state index contributed by atoms with van der Waals surface area (Å²) in [6, 6.07) is 17.3. The molecule has 4 aliphatic heterocycles. The van der Waals surface area contributed by atoms with Gasteiger partial charge in [0.25, 0.3) is 5.91 Å². The molecule has 0 aliphatic carbocycles. The second-order valence-electron chi connectivity index (χ2n) is 14.6. The molecule has 0 bridgehead atoms. The molecule has 4 heterocycles. The van der Waals surface area contributed by atoms with Gasteiger partial charge in [0, 0.05) is 80.4 Å². The van der Waals surface area contributed by atoms with Crippen LogP contribution in [-0.4, -0.2) is 83.2 Å². The van der Waals surface area contributed by atoms with Crippen LogP contribution in [0.15, 0.2) is 54.6 Å². The van der Waals surface area contributed by atoms with E-state index in [-0.39, 0.29) is 22.4 Å². The molecule has 7 rings (SSSR count). The van der Waals surface area contributed by atoms with Crippen LogP contribution in [0.5, 0.6) is 0 Å². The maximum Gasteiger partial charge on any atom is 0.336 e. The van der Waals surface area contributed by atoms with Crippen molar-refractivity contribution in [2.45, 2.75) is 58.2 Å². The van der Waals surface area contributed by atoms with Gasteiger partial charge < -0.3 is 24.9 Å². The molecule has 50 heavy (non-hydrogen) atoms. The number of hydrogen-bond acceptors (Lipinski definition) is 6. The van der Waals surface area contributed by atoms with E-state index in [1.807, 2.05) is 35.2 Å². The van der Waals surface area contributed by atoms with Gasteiger partial charge in [-0.15, -0.1) is 0 Å². The van der Waals surface area contributed by atoms with Crippen molar-refractivity contribution < 1.29 is 24.6 Å². The minimum Gasteiger partial charge on any atom is -0.478 e. The highest BCUT2D eigenvalue weighted by atomic mass is 35.5. The lowest BCUT2D eigenvalue weighted by atomic mass is 9.76. The van der Waals surface area contributed by atoms with E-state index in [2.05, 4.69) is 38.6 Å². The van der Waals surface area contributed by atoms with Crippen molar-refractivity contribution in [3.63, 3.8) is 0 Å². The van der Waals surface area contributed by atoms with Gasteiger partial charge in [-0.05, 0) is 110 Å². The van der Waals surface area contributed by atoms with Crippen LogP contribution in [0, 0.1) is 17.9 Å². The van der Waals surface area contributed by atoms with Crippen molar-refractivity contribution in [2.75, 3.05) is 49.1 Å². The molecule has 11 heteroatoms. The van der Waals surface area contributed by atoms with Crippen LogP contribution in [-0.2, 0) is 13.1 Å². The molecule has 10 nitrogen and oxygen atoms in total. The van der Waals surface area contributed by atoms with E-state index >= 15 is 0 Å². The Morgan fingerprint density at radius 3 is 2.04 bits per heavy atom. The van der Waals surface area contributed by atoms with Gasteiger partial charge >= 0.3 is 11.9 Å². The minimum absolute atomic E-state index is 0.0631. The zero-order chi connectivity index (χ0) is 35.2. The number of piperidine rings is 2. The first-order chi connectivity index (χ1) is 24.0. The average Bonchev–Trinajstić information content (AvgIpc) is 3.66. The fourth-order valence-electron chi connectivity index (χ4n) is 8.72. The van der Waals surface area contributed by atoms with E-state index in [4.69, 9.17) is 18.2 Å². The third kappa shape index (κ3) is 6.64. The molecular formula is C39H42ClN5O5. The first-order valence-corrected chi connectivity index (χ1v) is 17.8. The molecule has 2 N–H and O–H groups in total. The van der Waals surface area contributed by atoms with Crippen molar-refractivity contribution in [1.82, 2.24) is 9.80 Å². The number of carboxylic acids is 2. The van der Waals surface area contributed by atoms with E-state index in [9.17, 15) is 24.6 Å². The van der Waals surface area contributed by atoms with Crippen molar-refractivity contribution in [1.29, 1.82) is 0 Å². The lowest BCUT2D eigenvalue weighted by molar-refractivity contribution is 0.0651. The number of fused-ring (bicyclic) bond motifs is 1. The first-order valence-electron chi connectivity index (χ1n) is 17.5. The van der Waals surface area contributed by atoms with Crippen LogP contribution in [0.3, 0.4) is 0 Å². The topological polar surface area (TPSA) is 109 Å². The number of halogens is 1. The Morgan fingerprint density at radius 1 is 0.880 bits per heavy atom. The predicted octanol–water partition coefficient (Wildman–Crippen LogP) is 7.04. The summed E-state index contributed by atoms with van der Waals surface area (Å²) in [6.45, 7) is 15.9. The second-order valence-corrected chi connectivity index (χ2v) is 15.1. The quantitative estimate of drug-likeness (QED) is 0.254. The number of benzene rings is 3. The molecule has 3 aromatic carbocycles. The van der Waals surface area contributed by atoms with Crippen LogP contribution in [0.25, 0.3) is 4.85 Å². The molecule has 1 spiro atoms. The summed E-state index contributed by atoms with van der Waals surface area (Å²) in [5, 5.41) is 19.5. The molecule has 3 fully saturated rings. The number of amides is 1. The zero-order valence-electron chi connectivity index (χ0n) is 28.3. The minimum atomic E-state index is -1.23. The van der Waals surface area contributed by atoms with Crippen molar-refractivity contribution in [3.05, 3.63) is 98.9 Å². The number of aromatic carboxylic acids is 2. The molecule has 4 aliphatic rings. The summed E-state index contributed by atoms with van der Waals surface area (Å²) in [4.78, 5) is 49.2. The summed E-state index contributed by atoms with van der Waals surface area (Å²) in [7, 11) is 0. The van der Waals surface area contributed by atoms with Gasteiger partial charge in [-0.2, -0.15) is 0 Å². The Hall–Kier alpha value is -4.59. The SMILES string of the molecule is [C-]#[N+]c1ccc(N2CC3(CCN(c4ccc(C(=O)N5CCC(CN6Cc7cc(C(=O)O)c(C(=O)O)cc7C6)CC5)cc4)CC3)C[C@@H]2C)cc1Cl. The Bertz CT molecular complexity index is 1810. The average molecular weight is 696 g/mol. The zero-order valence-corrected chi connectivity index (χ0v) is 29.0. The van der Waals surface area contributed by atoms with E-state index in [1.54, 1.807) is 0 Å². The van der Waals surface area contributed by atoms with Crippen LogP contribution < -0.4 is 9.80 Å². The number of rotatable bonds is 7. The number of anilines is 2. The Labute approximate surface area is 297 Å². The van der Waals surface area contributed by atoms with Gasteiger partial charge in [0.15, 0.2) is 0 Å². The van der Waals surface area contributed by atoms with Gasteiger partial charge in [0.05, 0.1) is 17.7 Å². The van der Waals surface area contributed by atoms with Crippen molar-refractivity contribution >= 4 is 46.5 Å². The summed E-state index contributed by atoms with van der Waals surface area (Å²) >= 11 is 6.36. The highest BCUT2D eigenvalue weighted by molar-refractivity contribution is 6.33. The van der Waals surface area contributed by atoms with Gasteiger partial charge in [-0.25, -0.2) is 14.4 Å². The molecule has 1 amide bonds. The molecule has 3 saturated heterocycles. The van der Waals surface area contributed by atoms with E-state index in [0.29, 0.717) is 54.4 Å². The third-order valence-corrected chi connectivity index (χ3v) is 11.8. The van der Waals surface area contributed by atoms with Gasteiger partial charge in [0.2, 0.25) is 5.69 Å². The summed E-state index contributed by atoms with van der Waals surface area (Å²) in [5.41, 5.74) is 5.12. The van der Waals surface area contributed by atoms with E-state index in [0.717, 1.165) is 80.8 Å². The smallest absolute Gasteiger partial charge is 0.336 e. The number of likely N-dealkylation sites (tertiary alicyclic amines) is 1. The number of nitrogens with zero attached hydrogens (tertiary/aromatic N) is 5. The van der Waals surface area contributed by atoms with Crippen molar-refractivity contribution in [3.8, 4) is 0 Å². The standard InChI is InChI=1S/C39H42ClN5O5/c1-25-20-39(24-45(25)31-7-8-35(41-2)34(40)19-31)11-15-43(16-12-39)30-5-3-27(4-6-30)36(46)44-13-9-26(10-14-44)21-42-22-28-17-32(37(47)48)33(38(49)50)18-29(28)23-42/h3-8,17-19,25-26H,9-16,20-24H2,1H3,(H,47,48)(H,49,50)/t25-/m0/s1. The Kier molecular flexibility index (Phi) is 9.22. The van der Waals surface area contributed by atoms with Gasteiger partial charge in [0.1, 0.15) is 0 Å². The number of carbonyl (C=O) groups excluding carboxylic acids is 1. The maximum absolute atomic E-state index is 13.4. The summed E-state index contributed by atoms with van der Waals surface area (Å²) in [6.07, 6.45) is 5.13.